The summed E-state index contributed by atoms with van der Waals surface area (Å²) in [6.07, 6.45) is 1.55. The smallest absolute Gasteiger partial charge is 0.408 e. The average molecular weight is 518 g/mol. The van der Waals surface area contributed by atoms with Crippen LogP contribution < -0.4 is 16.4 Å². The second kappa shape index (κ2) is 8.40. The lowest BCUT2D eigenvalue weighted by molar-refractivity contribution is 0.528. The normalized spacial score (nSPS) is 11.8. The van der Waals surface area contributed by atoms with Gasteiger partial charge in [0.1, 0.15) is 5.82 Å². The SMILES string of the molecule is CC(C)S(=O)(=O)c1ccccc1Nc1nc(Nc2ccc3c(c2)oc(=O)n3C)ncc1Br. The van der Waals surface area contributed by atoms with Crippen molar-refractivity contribution in [3.05, 3.63) is 63.7 Å². The first kappa shape index (κ1) is 22.0. The van der Waals surface area contributed by atoms with Crippen LogP contribution in [0.5, 0.6) is 0 Å². The van der Waals surface area contributed by atoms with E-state index in [4.69, 9.17) is 4.42 Å². The number of anilines is 4. The van der Waals surface area contributed by atoms with Crippen molar-refractivity contribution >= 4 is 60.0 Å². The minimum atomic E-state index is -3.50. The minimum Gasteiger partial charge on any atom is -0.408 e. The molecule has 0 unspecified atom stereocenters. The third-order valence-electron chi connectivity index (χ3n) is 4.86. The first-order chi connectivity index (χ1) is 15.2. The van der Waals surface area contributed by atoms with E-state index < -0.39 is 20.8 Å². The molecule has 0 aliphatic carbocycles. The molecule has 0 radical (unpaired) electrons. The van der Waals surface area contributed by atoms with Gasteiger partial charge in [-0.05, 0) is 54.0 Å². The Hall–Kier alpha value is -3.18. The Labute approximate surface area is 192 Å². The van der Waals surface area contributed by atoms with Gasteiger partial charge in [0.15, 0.2) is 15.4 Å². The number of aromatic nitrogens is 3. The maximum atomic E-state index is 12.7. The van der Waals surface area contributed by atoms with Gasteiger partial charge in [-0.2, -0.15) is 4.98 Å². The molecule has 0 saturated carbocycles. The fourth-order valence-corrected chi connectivity index (χ4v) is 4.55. The first-order valence-corrected chi connectivity index (χ1v) is 12.0. The van der Waals surface area contributed by atoms with E-state index >= 15 is 0 Å². The summed E-state index contributed by atoms with van der Waals surface area (Å²) >= 11 is 3.40. The highest BCUT2D eigenvalue weighted by atomic mass is 79.9. The molecule has 0 bridgehead atoms. The number of rotatable bonds is 6. The summed E-state index contributed by atoms with van der Waals surface area (Å²) in [5.41, 5.74) is 2.15. The molecular formula is C21H20BrN5O4S. The van der Waals surface area contributed by atoms with E-state index in [-0.39, 0.29) is 10.8 Å². The molecule has 0 atom stereocenters. The van der Waals surface area contributed by atoms with Crippen LogP contribution in [-0.4, -0.2) is 28.2 Å². The second-order valence-corrected chi connectivity index (χ2v) is 10.7. The molecule has 32 heavy (non-hydrogen) atoms. The Morgan fingerprint density at radius 3 is 2.62 bits per heavy atom. The van der Waals surface area contributed by atoms with E-state index in [9.17, 15) is 13.2 Å². The summed E-state index contributed by atoms with van der Waals surface area (Å²) in [6, 6.07) is 11.9. The molecule has 0 fully saturated rings. The van der Waals surface area contributed by atoms with Gasteiger partial charge in [0.25, 0.3) is 0 Å². The fraction of sp³-hybridized carbons (Fsp3) is 0.190. The van der Waals surface area contributed by atoms with Crippen molar-refractivity contribution in [1.82, 2.24) is 14.5 Å². The number of oxazole rings is 1. The van der Waals surface area contributed by atoms with Gasteiger partial charge in [0, 0.05) is 25.0 Å². The second-order valence-electron chi connectivity index (χ2n) is 7.34. The van der Waals surface area contributed by atoms with Gasteiger partial charge in [0.05, 0.1) is 25.8 Å². The number of hydrogen-bond acceptors (Lipinski definition) is 8. The molecule has 4 rings (SSSR count). The standard InChI is InChI=1S/C21H20BrN5O4S/c1-12(2)32(29,30)18-7-5-4-6-15(18)25-19-14(22)11-23-20(26-19)24-13-8-9-16-17(10-13)31-21(28)27(16)3/h4-12H,1-3H3,(H2,23,24,25,26). The van der Waals surface area contributed by atoms with E-state index in [1.807, 2.05) is 0 Å². The molecule has 2 heterocycles. The van der Waals surface area contributed by atoms with Crippen LogP contribution in [-0.2, 0) is 16.9 Å². The Kier molecular flexibility index (Phi) is 5.78. The molecule has 2 aromatic heterocycles. The van der Waals surface area contributed by atoms with Crippen molar-refractivity contribution in [3.63, 3.8) is 0 Å². The molecular weight excluding hydrogens is 498 g/mol. The Balaban J connectivity index is 1.66. The van der Waals surface area contributed by atoms with Gasteiger partial charge in [-0.1, -0.05) is 12.1 Å². The third-order valence-corrected chi connectivity index (χ3v) is 7.65. The monoisotopic (exact) mass is 517 g/mol. The molecule has 166 valence electrons. The van der Waals surface area contributed by atoms with E-state index in [0.29, 0.717) is 32.8 Å². The summed E-state index contributed by atoms with van der Waals surface area (Å²) in [5.74, 6) is 0.220. The zero-order valence-corrected chi connectivity index (χ0v) is 19.9. The van der Waals surface area contributed by atoms with Crippen molar-refractivity contribution in [1.29, 1.82) is 0 Å². The van der Waals surface area contributed by atoms with E-state index in [1.54, 1.807) is 69.6 Å². The van der Waals surface area contributed by atoms with Crippen LogP contribution in [0.25, 0.3) is 11.1 Å². The molecule has 2 N–H and O–H groups in total. The topological polar surface area (TPSA) is 119 Å². The van der Waals surface area contributed by atoms with Gasteiger partial charge in [0.2, 0.25) is 5.95 Å². The minimum absolute atomic E-state index is 0.194. The molecule has 9 nitrogen and oxygen atoms in total. The molecule has 0 aliphatic heterocycles. The van der Waals surface area contributed by atoms with Crippen LogP contribution in [0, 0.1) is 0 Å². The summed E-state index contributed by atoms with van der Waals surface area (Å²) < 4.78 is 32.7. The Morgan fingerprint density at radius 1 is 1.12 bits per heavy atom. The molecule has 2 aromatic carbocycles. The number of benzene rings is 2. The quantitative estimate of drug-likeness (QED) is 0.387. The predicted molar refractivity (Wildman–Crippen MR) is 127 cm³/mol. The summed E-state index contributed by atoms with van der Waals surface area (Å²) in [7, 11) is -1.86. The van der Waals surface area contributed by atoms with Crippen LogP contribution in [0.3, 0.4) is 0 Å². The number of nitrogens with one attached hydrogen (secondary N) is 2. The number of halogens is 1. The van der Waals surface area contributed by atoms with Crippen molar-refractivity contribution in [2.75, 3.05) is 10.6 Å². The highest BCUT2D eigenvalue weighted by Gasteiger charge is 2.23. The highest BCUT2D eigenvalue weighted by molar-refractivity contribution is 9.10. The summed E-state index contributed by atoms with van der Waals surface area (Å²) in [6.45, 7) is 3.28. The average Bonchev–Trinajstić information content (AvgIpc) is 3.03. The number of fused-ring (bicyclic) bond motifs is 1. The van der Waals surface area contributed by atoms with Crippen molar-refractivity contribution in [2.24, 2.45) is 7.05 Å². The zero-order chi connectivity index (χ0) is 23.0. The van der Waals surface area contributed by atoms with Gasteiger partial charge >= 0.3 is 5.76 Å². The lowest BCUT2D eigenvalue weighted by atomic mass is 10.3. The Bertz CT molecular complexity index is 1480. The van der Waals surface area contributed by atoms with E-state index in [0.717, 1.165) is 0 Å². The summed E-state index contributed by atoms with van der Waals surface area (Å²) in [4.78, 5) is 20.6. The Morgan fingerprint density at radius 2 is 1.88 bits per heavy atom. The maximum absolute atomic E-state index is 12.7. The van der Waals surface area contributed by atoms with Gasteiger partial charge in [-0.3, -0.25) is 4.57 Å². The van der Waals surface area contributed by atoms with Gasteiger partial charge in [-0.25, -0.2) is 18.2 Å². The number of nitrogens with zero attached hydrogens (tertiary/aromatic N) is 3. The predicted octanol–water partition coefficient (Wildman–Crippen LogP) is 4.35. The van der Waals surface area contributed by atoms with Crippen molar-refractivity contribution in [2.45, 2.75) is 24.0 Å². The lowest BCUT2D eigenvalue weighted by Crippen LogP contribution is -2.15. The number of hydrogen-bond donors (Lipinski definition) is 2. The van der Waals surface area contributed by atoms with Gasteiger partial charge in [-0.15, -0.1) is 0 Å². The van der Waals surface area contributed by atoms with Crippen LogP contribution >= 0.6 is 15.9 Å². The van der Waals surface area contributed by atoms with E-state index in [2.05, 4.69) is 36.5 Å². The summed E-state index contributed by atoms with van der Waals surface area (Å²) in [5, 5.41) is 5.59. The fourth-order valence-electron chi connectivity index (χ4n) is 3.06. The highest BCUT2D eigenvalue weighted by Crippen LogP contribution is 2.31. The van der Waals surface area contributed by atoms with Crippen LogP contribution in [0.15, 0.2) is 67.2 Å². The van der Waals surface area contributed by atoms with Crippen LogP contribution in [0.4, 0.5) is 23.1 Å². The molecule has 4 aromatic rings. The number of aryl methyl sites for hydroxylation is 1. The van der Waals surface area contributed by atoms with Crippen molar-refractivity contribution in [3.8, 4) is 0 Å². The van der Waals surface area contributed by atoms with E-state index in [1.165, 1.54) is 4.57 Å². The molecule has 0 amide bonds. The van der Waals surface area contributed by atoms with Crippen LogP contribution in [0.1, 0.15) is 13.8 Å². The molecule has 0 saturated heterocycles. The van der Waals surface area contributed by atoms with Crippen LogP contribution in [0.2, 0.25) is 0 Å². The van der Waals surface area contributed by atoms with Crippen molar-refractivity contribution < 1.29 is 12.8 Å². The molecule has 11 heteroatoms. The third kappa shape index (κ3) is 4.13. The molecule has 0 aliphatic rings. The molecule has 0 spiro atoms. The zero-order valence-electron chi connectivity index (χ0n) is 17.5. The largest absolute Gasteiger partial charge is 0.419 e. The number of para-hydroxylation sites is 1. The lowest BCUT2D eigenvalue weighted by Gasteiger charge is -2.15. The van der Waals surface area contributed by atoms with Gasteiger partial charge < -0.3 is 15.1 Å². The first-order valence-electron chi connectivity index (χ1n) is 9.66. The maximum Gasteiger partial charge on any atom is 0.419 e. The number of sulfone groups is 1.